The zero-order valence-electron chi connectivity index (χ0n) is 10.6. The molecule has 0 aliphatic carbocycles. The van der Waals surface area contributed by atoms with Crippen LogP contribution in [0.2, 0.25) is 0 Å². The van der Waals surface area contributed by atoms with Crippen molar-refractivity contribution in [2.24, 2.45) is 5.73 Å². The third-order valence-corrected chi connectivity index (χ3v) is 2.30. The van der Waals surface area contributed by atoms with Crippen LogP contribution in [0.4, 0.5) is 0 Å². The zero-order valence-corrected chi connectivity index (χ0v) is 10.6. The average molecular weight is 236 g/mol. The van der Waals surface area contributed by atoms with Crippen molar-refractivity contribution in [3.8, 4) is 5.75 Å². The van der Waals surface area contributed by atoms with Crippen LogP contribution in [0, 0.1) is 0 Å². The summed E-state index contributed by atoms with van der Waals surface area (Å²) in [5.74, 6) is 0.549. The van der Waals surface area contributed by atoms with Gasteiger partial charge in [0, 0.05) is 18.2 Å². The van der Waals surface area contributed by atoms with E-state index in [9.17, 15) is 4.79 Å². The summed E-state index contributed by atoms with van der Waals surface area (Å²) in [6, 6.07) is 7.58. The van der Waals surface area contributed by atoms with Gasteiger partial charge in [0.2, 0.25) is 0 Å². The lowest BCUT2D eigenvalue weighted by molar-refractivity contribution is -0.127. The highest BCUT2D eigenvalue weighted by molar-refractivity contribution is 5.80. The van der Waals surface area contributed by atoms with Crippen molar-refractivity contribution in [1.82, 2.24) is 5.32 Å². The number of benzene rings is 1. The third kappa shape index (κ3) is 4.07. The Hall–Kier alpha value is -1.55. The predicted molar refractivity (Wildman–Crippen MR) is 67.7 cm³/mol. The highest BCUT2D eigenvalue weighted by atomic mass is 16.5. The molecule has 17 heavy (non-hydrogen) atoms. The average Bonchev–Trinajstić information content (AvgIpc) is 2.28. The van der Waals surface area contributed by atoms with Crippen LogP contribution in [0.25, 0.3) is 0 Å². The quantitative estimate of drug-likeness (QED) is 0.813. The first kappa shape index (κ1) is 13.5. The second-order valence-electron chi connectivity index (χ2n) is 4.24. The molecule has 0 saturated carbocycles. The minimum atomic E-state index is -0.523. The van der Waals surface area contributed by atoms with Crippen LogP contribution in [-0.2, 0) is 11.3 Å². The number of rotatable bonds is 5. The van der Waals surface area contributed by atoms with Crippen LogP contribution < -0.4 is 15.8 Å². The summed E-state index contributed by atoms with van der Waals surface area (Å²) in [4.78, 5) is 11.7. The minimum Gasteiger partial charge on any atom is -0.481 e. The number of carbonyl (C=O) groups excluding carboxylic acids is 1. The molecule has 1 aromatic rings. The molecule has 3 N–H and O–H groups in total. The minimum absolute atomic E-state index is 0.110. The largest absolute Gasteiger partial charge is 0.481 e. The van der Waals surface area contributed by atoms with Crippen molar-refractivity contribution in [2.45, 2.75) is 39.5 Å². The summed E-state index contributed by atoms with van der Waals surface area (Å²) in [7, 11) is 0. The fourth-order valence-electron chi connectivity index (χ4n) is 1.43. The van der Waals surface area contributed by atoms with Gasteiger partial charge in [-0.25, -0.2) is 0 Å². The molecule has 0 saturated heterocycles. The van der Waals surface area contributed by atoms with Crippen LogP contribution in [0.15, 0.2) is 24.3 Å². The summed E-state index contributed by atoms with van der Waals surface area (Å²) in [6.45, 7) is 5.95. The van der Waals surface area contributed by atoms with E-state index in [-0.39, 0.29) is 11.9 Å². The third-order valence-electron chi connectivity index (χ3n) is 2.30. The Kier molecular flexibility index (Phi) is 4.97. The standard InChI is InChI=1S/C13H20N2O2/c1-9(2)15-13(16)10(3)17-12-7-5-4-6-11(12)8-14/h4-7,9-10H,8,14H2,1-3H3,(H,15,16). The SMILES string of the molecule is CC(C)NC(=O)C(C)Oc1ccccc1CN. The van der Waals surface area contributed by atoms with E-state index in [0.717, 1.165) is 5.56 Å². The molecule has 1 aromatic carbocycles. The molecule has 1 amide bonds. The van der Waals surface area contributed by atoms with Crippen molar-refractivity contribution in [1.29, 1.82) is 0 Å². The van der Waals surface area contributed by atoms with Gasteiger partial charge in [0.1, 0.15) is 5.75 Å². The monoisotopic (exact) mass is 236 g/mol. The molecule has 4 heteroatoms. The van der Waals surface area contributed by atoms with Crippen molar-refractivity contribution in [3.63, 3.8) is 0 Å². The number of amides is 1. The number of carbonyl (C=O) groups is 1. The van der Waals surface area contributed by atoms with Gasteiger partial charge in [0.05, 0.1) is 0 Å². The highest BCUT2D eigenvalue weighted by Crippen LogP contribution is 2.18. The zero-order chi connectivity index (χ0) is 12.8. The molecule has 0 radical (unpaired) electrons. The van der Waals surface area contributed by atoms with Gasteiger partial charge in [-0.15, -0.1) is 0 Å². The fourth-order valence-corrected chi connectivity index (χ4v) is 1.43. The lowest BCUT2D eigenvalue weighted by Gasteiger charge is -2.18. The van der Waals surface area contributed by atoms with Crippen LogP contribution >= 0.6 is 0 Å². The molecule has 1 unspecified atom stereocenters. The van der Waals surface area contributed by atoms with Crippen LogP contribution in [0.3, 0.4) is 0 Å². The number of nitrogens with one attached hydrogen (secondary N) is 1. The number of ether oxygens (including phenoxy) is 1. The topological polar surface area (TPSA) is 64.3 Å². The molecule has 0 aliphatic rings. The first-order valence-electron chi connectivity index (χ1n) is 5.79. The maximum atomic E-state index is 11.7. The number of hydrogen-bond acceptors (Lipinski definition) is 3. The number of para-hydroxylation sites is 1. The molecule has 0 spiro atoms. The Morgan fingerprint density at radius 1 is 1.35 bits per heavy atom. The summed E-state index contributed by atoms with van der Waals surface area (Å²) in [6.07, 6.45) is -0.523. The first-order valence-corrected chi connectivity index (χ1v) is 5.79. The Labute approximate surface area is 102 Å². The maximum Gasteiger partial charge on any atom is 0.260 e. The van der Waals surface area contributed by atoms with E-state index in [1.54, 1.807) is 6.92 Å². The number of nitrogens with two attached hydrogens (primary N) is 1. The Bertz CT molecular complexity index is 377. The Balaban J connectivity index is 2.67. The van der Waals surface area contributed by atoms with Gasteiger partial charge in [-0.3, -0.25) is 4.79 Å². The van der Waals surface area contributed by atoms with Crippen molar-refractivity contribution in [2.75, 3.05) is 0 Å². The maximum absolute atomic E-state index is 11.7. The predicted octanol–water partition coefficient (Wildman–Crippen LogP) is 1.44. The van der Waals surface area contributed by atoms with Crippen LogP contribution in [0.5, 0.6) is 5.75 Å². The van der Waals surface area contributed by atoms with E-state index < -0.39 is 6.10 Å². The molecule has 0 aromatic heterocycles. The lowest BCUT2D eigenvalue weighted by Crippen LogP contribution is -2.40. The summed E-state index contributed by atoms with van der Waals surface area (Å²) in [5.41, 5.74) is 6.50. The fraction of sp³-hybridized carbons (Fsp3) is 0.462. The van der Waals surface area contributed by atoms with E-state index >= 15 is 0 Å². The van der Waals surface area contributed by atoms with Gasteiger partial charge in [0.15, 0.2) is 6.10 Å². The van der Waals surface area contributed by atoms with Gasteiger partial charge >= 0.3 is 0 Å². The molecule has 0 fully saturated rings. The highest BCUT2D eigenvalue weighted by Gasteiger charge is 2.16. The van der Waals surface area contributed by atoms with Gasteiger partial charge in [-0.05, 0) is 26.8 Å². The number of hydrogen-bond donors (Lipinski definition) is 2. The van der Waals surface area contributed by atoms with Crippen molar-refractivity contribution in [3.05, 3.63) is 29.8 Å². The molecule has 0 heterocycles. The molecule has 0 bridgehead atoms. The Morgan fingerprint density at radius 3 is 2.59 bits per heavy atom. The molecule has 1 atom stereocenters. The van der Waals surface area contributed by atoms with Crippen LogP contribution in [-0.4, -0.2) is 18.1 Å². The van der Waals surface area contributed by atoms with E-state index in [1.165, 1.54) is 0 Å². The van der Waals surface area contributed by atoms with Crippen LogP contribution in [0.1, 0.15) is 26.3 Å². The molecule has 4 nitrogen and oxygen atoms in total. The van der Waals surface area contributed by atoms with E-state index in [2.05, 4.69) is 5.32 Å². The lowest BCUT2D eigenvalue weighted by atomic mass is 10.2. The van der Waals surface area contributed by atoms with Gasteiger partial charge in [-0.1, -0.05) is 18.2 Å². The molecule has 94 valence electrons. The van der Waals surface area contributed by atoms with Crippen molar-refractivity contribution < 1.29 is 9.53 Å². The molecular weight excluding hydrogens is 216 g/mol. The van der Waals surface area contributed by atoms with Gasteiger partial charge in [-0.2, -0.15) is 0 Å². The normalized spacial score (nSPS) is 12.3. The molecular formula is C13H20N2O2. The summed E-state index contributed by atoms with van der Waals surface area (Å²) >= 11 is 0. The van der Waals surface area contributed by atoms with E-state index in [4.69, 9.17) is 10.5 Å². The smallest absolute Gasteiger partial charge is 0.260 e. The van der Waals surface area contributed by atoms with Gasteiger partial charge in [0.25, 0.3) is 5.91 Å². The van der Waals surface area contributed by atoms with E-state index in [0.29, 0.717) is 12.3 Å². The second kappa shape index (κ2) is 6.25. The summed E-state index contributed by atoms with van der Waals surface area (Å²) < 4.78 is 5.61. The van der Waals surface area contributed by atoms with Crippen molar-refractivity contribution >= 4 is 5.91 Å². The molecule has 1 rings (SSSR count). The second-order valence-corrected chi connectivity index (χ2v) is 4.24. The first-order chi connectivity index (χ1) is 8.04. The molecule has 0 aliphatic heterocycles. The van der Waals surface area contributed by atoms with Gasteiger partial charge < -0.3 is 15.8 Å². The summed E-state index contributed by atoms with van der Waals surface area (Å²) in [5, 5.41) is 2.81. The Morgan fingerprint density at radius 2 is 2.00 bits per heavy atom. The van der Waals surface area contributed by atoms with E-state index in [1.807, 2.05) is 38.1 Å².